The Labute approximate surface area is 218 Å². The molecule has 0 atom stereocenters. The summed E-state index contributed by atoms with van der Waals surface area (Å²) in [5, 5.41) is 11.5. The van der Waals surface area contributed by atoms with E-state index in [1.165, 1.54) is 18.5 Å². The lowest BCUT2D eigenvalue weighted by Gasteiger charge is -2.25. The van der Waals surface area contributed by atoms with Crippen LogP contribution in [-0.2, 0) is 17.5 Å². The maximum Gasteiger partial charge on any atom is 0.416 e. The summed E-state index contributed by atoms with van der Waals surface area (Å²) in [6.07, 6.45) is -2.42. The van der Waals surface area contributed by atoms with Gasteiger partial charge in [0, 0.05) is 31.4 Å². The molecule has 1 saturated heterocycles. The van der Waals surface area contributed by atoms with Gasteiger partial charge in [0.05, 0.1) is 23.5 Å². The third kappa shape index (κ3) is 5.57. The second-order valence-corrected chi connectivity index (χ2v) is 8.72. The fourth-order valence-electron chi connectivity index (χ4n) is 4.25. The number of halogens is 4. The third-order valence-electron chi connectivity index (χ3n) is 6.02. The number of pyridine rings is 1. The van der Waals surface area contributed by atoms with Crippen molar-refractivity contribution < 1.29 is 27.2 Å². The SMILES string of the molecule is Nc1ncnn2c(CN3CCNC(=O)C3)cc(-c3ccc(NC(=O)Nc4cc(C(F)(F)F)ccn4)c(F)c3)c12. The van der Waals surface area contributed by atoms with Crippen molar-refractivity contribution in [2.75, 3.05) is 36.0 Å². The number of carbonyl (C=O) groups is 2. The zero-order valence-corrected chi connectivity index (χ0v) is 20.1. The number of benzene rings is 1. The van der Waals surface area contributed by atoms with Crippen molar-refractivity contribution in [3.8, 4) is 11.1 Å². The zero-order chi connectivity index (χ0) is 27.7. The minimum Gasteiger partial charge on any atom is -0.382 e. The first-order chi connectivity index (χ1) is 18.6. The van der Waals surface area contributed by atoms with Crippen LogP contribution in [0, 0.1) is 5.82 Å². The van der Waals surface area contributed by atoms with Gasteiger partial charge in [-0.1, -0.05) is 6.07 Å². The van der Waals surface area contributed by atoms with Crippen molar-refractivity contribution in [2.45, 2.75) is 12.7 Å². The van der Waals surface area contributed by atoms with E-state index >= 15 is 4.39 Å². The molecule has 3 amide bonds. The molecule has 3 aromatic heterocycles. The van der Waals surface area contributed by atoms with Crippen LogP contribution in [0.15, 0.2) is 48.9 Å². The number of hydrogen-bond acceptors (Lipinski definition) is 7. The van der Waals surface area contributed by atoms with Crippen LogP contribution in [0.3, 0.4) is 0 Å². The van der Waals surface area contributed by atoms with E-state index in [4.69, 9.17) is 5.73 Å². The number of anilines is 3. The van der Waals surface area contributed by atoms with Crippen LogP contribution < -0.4 is 21.7 Å². The molecule has 0 aliphatic carbocycles. The molecule has 1 aromatic carbocycles. The Morgan fingerprint density at radius 3 is 2.69 bits per heavy atom. The Hall–Kier alpha value is -4.79. The van der Waals surface area contributed by atoms with Crippen LogP contribution in [0.4, 0.5) is 39.7 Å². The normalized spacial score (nSPS) is 14.3. The summed E-state index contributed by atoms with van der Waals surface area (Å²) >= 11 is 0. The number of nitrogens with one attached hydrogen (secondary N) is 3. The number of rotatable bonds is 5. The Balaban J connectivity index is 1.38. The molecule has 0 spiro atoms. The minimum atomic E-state index is -4.61. The van der Waals surface area contributed by atoms with Gasteiger partial charge in [0.15, 0.2) is 5.82 Å². The van der Waals surface area contributed by atoms with Gasteiger partial charge in [-0.25, -0.2) is 23.7 Å². The predicted octanol–water partition coefficient (Wildman–Crippen LogP) is 3.11. The first-order valence-electron chi connectivity index (χ1n) is 11.6. The summed E-state index contributed by atoms with van der Waals surface area (Å²) in [4.78, 5) is 33.7. The molecule has 5 rings (SSSR count). The predicted molar refractivity (Wildman–Crippen MR) is 133 cm³/mol. The molecule has 4 aromatic rings. The Morgan fingerprint density at radius 2 is 1.95 bits per heavy atom. The molecular weight excluding hydrogens is 522 g/mol. The summed E-state index contributed by atoms with van der Waals surface area (Å²) in [6, 6.07) is 6.26. The van der Waals surface area contributed by atoms with E-state index in [-0.39, 0.29) is 29.8 Å². The first kappa shape index (κ1) is 25.8. The van der Waals surface area contributed by atoms with Gasteiger partial charge in [-0.15, -0.1) is 0 Å². The molecule has 5 N–H and O–H groups in total. The number of nitrogens with two attached hydrogens (primary N) is 1. The molecular formula is C24H21F4N9O2. The van der Waals surface area contributed by atoms with Crippen molar-refractivity contribution >= 4 is 34.8 Å². The minimum absolute atomic E-state index is 0.0884. The monoisotopic (exact) mass is 543 g/mol. The number of alkyl halides is 3. The highest BCUT2D eigenvalue weighted by Gasteiger charge is 2.31. The van der Waals surface area contributed by atoms with Gasteiger partial charge in [0.25, 0.3) is 0 Å². The van der Waals surface area contributed by atoms with Crippen LogP contribution in [0.25, 0.3) is 16.6 Å². The lowest BCUT2D eigenvalue weighted by molar-refractivity contribution is -0.137. The fraction of sp³-hybridized carbons (Fsp3) is 0.208. The van der Waals surface area contributed by atoms with E-state index in [0.29, 0.717) is 48.0 Å². The lowest BCUT2D eigenvalue weighted by Crippen LogP contribution is -2.47. The Kier molecular flexibility index (Phi) is 6.74. The largest absolute Gasteiger partial charge is 0.416 e. The molecule has 11 nitrogen and oxygen atoms in total. The second kappa shape index (κ2) is 10.2. The number of aromatic nitrogens is 4. The second-order valence-electron chi connectivity index (χ2n) is 8.72. The fourth-order valence-corrected chi connectivity index (χ4v) is 4.25. The number of carbonyl (C=O) groups excluding carboxylic acids is 2. The van der Waals surface area contributed by atoms with Crippen LogP contribution in [0.1, 0.15) is 11.3 Å². The van der Waals surface area contributed by atoms with E-state index in [0.717, 1.165) is 12.3 Å². The average molecular weight is 543 g/mol. The van der Waals surface area contributed by atoms with Crippen LogP contribution in [0.2, 0.25) is 0 Å². The number of amides is 3. The number of fused-ring (bicyclic) bond motifs is 1. The summed E-state index contributed by atoms with van der Waals surface area (Å²) in [6.45, 7) is 1.76. The molecule has 0 unspecified atom stereocenters. The smallest absolute Gasteiger partial charge is 0.382 e. The quantitative estimate of drug-likeness (QED) is 0.283. The number of piperazine rings is 1. The van der Waals surface area contributed by atoms with E-state index in [2.05, 4.69) is 31.0 Å². The highest BCUT2D eigenvalue weighted by molar-refractivity contribution is 5.99. The molecule has 15 heteroatoms. The molecule has 1 aliphatic rings. The van der Waals surface area contributed by atoms with Crippen LogP contribution >= 0.6 is 0 Å². The molecule has 4 heterocycles. The van der Waals surface area contributed by atoms with Crippen molar-refractivity contribution in [1.82, 2.24) is 29.8 Å². The molecule has 0 saturated carbocycles. The first-order valence-corrected chi connectivity index (χ1v) is 11.6. The van der Waals surface area contributed by atoms with Crippen LogP contribution in [0.5, 0.6) is 0 Å². The third-order valence-corrected chi connectivity index (χ3v) is 6.02. The Bertz CT molecular complexity index is 1570. The highest BCUT2D eigenvalue weighted by Crippen LogP contribution is 2.33. The van der Waals surface area contributed by atoms with Crippen molar-refractivity contribution in [2.24, 2.45) is 0 Å². The van der Waals surface area contributed by atoms with Gasteiger partial charge in [0.2, 0.25) is 5.91 Å². The highest BCUT2D eigenvalue weighted by atomic mass is 19.4. The Morgan fingerprint density at radius 1 is 1.13 bits per heavy atom. The molecule has 39 heavy (non-hydrogen) atoms. The van der Waals surface area contributed by atoms with Crippen molar-refractivity contribution in [1.29, 1.82) is 0 Å². The van der Waals surface area contributed by atoms with Crippen molar-refractivity contribution in [3.63, 3.8) is 0 Å². The van der Waals surface area contributed by atoms with Gasteiger partial charge in [-0.05, 0) is 35.9 Å². The summed E-state index contributed by atoms with van der Waals surface area (Å²) < 4.78 is 55.3. The zero-order valence-electron chi connectivity index (χ0n) is 20.1. The number of hydrogen-bond donors (Lipinski definition) is 4. The summed E-state index contributed by atoms with van der Waals surface area (Å²) in [5.74, 6) is -1.08. The van der Waals surface area contributed by atoms with E-state index < -0.39 is 23.6 Å². The molecule has 0 bridgehead atoms. The van der Waals surface area contributed by atoms with Gasteiger partial charge in [0.1, 0.15) is 23.5 Å². The van der Waals surface area contributed by atoms with Crippen molar-refractivity contribution in [3.05, 3.63) is 66.0 Å². The number of nitrogens with zero attached hydrogens (tertiary/aromatic N) is 5. The topological polar surface area (TPSA) is 143 Å². The summed E-state index contributed by atoms with van der Waals surface area (Å²) in [5.41, 5.74) is 7.02. The molecule has 1 aliphatic heterocycles. The maximum atomic E-state index is 15.0. The number of urea groups is 1. The molecule has 0 radical (unpaired) electrons. The average Bonchev–Trinajstić information content (AvgIpc) is 3.24. The maximum absolute atomic E-state index is 15.0. The van der Waals surface area contributed by atoms with E-state index in [9.17, 15) is 22.8 Å². The summed E-state index contributed by atoms with van der Waals surface area (Å²) in [7, 11) is 0. The molecule has 202 valence electrons. The van der Waals surface area contributed by atoms with Gasteiger partial charge in [-0.2, -0.15) is 18.3 Å². The van der Waals surface area contributed by atoms with Gasteiger partial charge < -0.3 is 16.4 Å². The van der Waals surface area contributed by atoms with E-state index in [1.807, 2.05) is 4.90 Å². The lowest BCUT2D eigenvalue weighted by atomic mass is 10.1. The standard InChI is InChI=1S/C24H21F4N9O2/c25-17-7-13(1-2-18(17)34-23(39)35-19-8-14(3-4-30-19)24(26,27)28)16-9-15(10-36-6-5-31-20(38)11-36)37-21(16)22(29)32-12-33-37/h1-4,7-9,12H,5-6,10-11H2,(H,31,38)(H2,29,32,33)(H2,30,34,35,39). The van der Waals surface area contributed by atoms with Gasteiger partial charge >= 0.3 is 12.2 Å². The molecule has 1 fully saturated rings. The van der Waals surface area contributed by atoms with Gasteiger partial charge in [-0.3, -0.25) is 15.0 Å². The van der Waals surface area contributed by atoms with Crippen LogP contribution in [-0.4, -0.2) is 56.1 Å². The number of nitrogen functional groups attached to an aromatic ring is 1. The van der Waals surface area contributed by atoms with E-state index in [1.54, 1.807) is 16.6 Å².